The highest BCUT2D eigenvalue weighted by Crippen LogP contribution is 1.83. The van der Waals surface area contributed by atoms with E-state index < -0.39 is 0 Å². The number of ether oxygens (including phenoxy) is 3. The van der Waals surface area contributed by atoms with Crippen LogP contribution in [-0.4, -0.2) is 71.0 Å². The van der Waals surface area contributed by atoms with Crippen molar-refractivity contribution in [3.63, 3.8) is 0 Å². The normalized spacial score (nSPS) is 10.1. The molecule has 0 saturated heterocycles. The highest BCUT2D eigenvalue weighted by molar-refractivity contribution is 5.76. The monoisotopic (exact) mass is 263 g/mol. The minimum atomic E-state index is 0.0343. The average Bonchev–Trinajstić information content (AvgIpc) is 2.33. The molecule has 0 aromatic carbocycles. The second kappa shape index (κ2) is 16.5. The van der Waals surface area contributed by atoms with E-state index >= 15 is 0 Å². The summed E-state index contributed by atoms with van der Waals surface area (Å²) in [6, 6.07) is 0. The van der Waals surface area contributed by atoms with E-state index in [2.05, 4.69) is 4.90 Å². The first-order valence-corrected chi connectivity index (χ1v) is 6.50. The van der Waals surface area contributed by atoms with Crippen LogP contribution in [-0.2, 0) is 19.0 Å². The van der Waals surface area contributed by atoms with Gasteiger partial charge in [0.2, 0.25) is 0 Å². The van der Waals surface area contributed by atoms with E-state index in [1.165, 1.54) is 6.92 Å². The molecule has 0 rings (SSSR count). The van der Waals surface area contributed by atoms with E-state index in [0.717, 1.165) is 13.2 Å². The van der Waals surface area contributed by atoms with E-state index in [-0.39, 0.29) is 12.4 Å². The van der Waals surface area contributed by atoms with Crippen molar-refractivity contribution in [1.29, 1.82) is 0 Å². The molecule has 0 unspecified atom stereocenters. The molecule has 5 heteroatoms. The molecule has 5 nitrogen and oxygen atoms in total. The van der Waals surface area contributed by atoms with Crippen LogP contribution in [0, 0.1) is 0 Å². The first kappa shape index (κ1) is 19.8. The quantitative estimate of drug-likeness (QED) is 0.524. The highest BCUT2D eigenvalue weighted by Gasteiger charge is 1.94. The fourth-order valence-electron chi connectivity index (χ4n) is 0.903. The number of Topliss-reactive ketones (excluding diaryl/α,β-unsaturated/α-hetero) is 1. The molecule has 0 aliphatic rings. The second-order valence-electron chi connectivity index (χ2n) is 3.78. The molecule has 0 bridgehead atoms. The van der Waals surface area contributed by atoms with Crippen LogP contribution < -0.4 is 0 Å². The second-order valence-corrected chi connectivity index (χ2v) is 3.78. The molecule has 0 heterocycles. The van der Waals surface area contributed by atoms with Crippen molar-refractivity contribution in [2.45, 2.75) is 20.8 Å². The topological polar surface area (TPSA) is 48.0 Å². The molecule has 0 aliphatic heterocycles. The summed E-state index contributed by atoms with van der Waals surface area (Å²) in [5, 5.41) is 0. The van der Waals surface area contributed by atoms with Crippen LogP contribution in [0.15, 0.2) is 0 Å². The Bertz CT molecular complexity index is 174. The van der Waals surface area contributed by atoms with Gasteiger partial charge in [-0.1, -0.05) is 13.8 Å². The lowest BCUT2D eigenvalue weighted by molar-refractivity contribution is -0.122. The third-order valence-corrected chi connectivity index (χ3v) is 1.73. The molecule has 0 atom stereocenters. The van der Waals surface area contributed by atoms with Gasteiger partial charge >= 0.3 is 0 Å². The number of likely N-dealkylation sites (N-methyl/N-ethyl adjacent to an activating group) is 1. The van der Waals surface area contributed by atoms with Gasteiger partial charge < -0.3 is 19.1 Å². The van der Waals surface area contributed by atoms with Gasteiger partial charge in [0.05, 0.1) is 33.0 Å². The minimum Gasteiger partial charge on any atom is -0.378 e. The predicted octanol–water partition coefficient (Wildman–Crippen LogP) is 1.21. The molecule has 0 radical (unpaired) electrons. The van der Waals surface area contributed by atoms with Crippen molar-refractivity contribution < 1.29 is 19.0 Å². The Labute approximate surface area is 111 Å². The number of nitrogens with zero attached hydrogens (tertiary/aromatic N) is 1. The number of carbonyl (C=O) groups excluding carboxylic acids is 1. The molecule has 0 N–H and O–H groups in total. The number of ketones is 1. The van der Waals surface area contributed by atoms with E-state index in [1.807, 2.05) is 27.9 Å². The Morgan fingerprint density at radius 1 is 0.889 bits per heavy atom. The number of rotatable bonds is 11. The maximum atomic E-state index is 10.5. The summed E-state index contributed by atoms with van der Waals surface area (Å²) in [4.78, 5) is 12.6. The molecule has 0 fully saturated rings. The predicted molar refractivity (Wildman–Crippen MR) is 73.0 cm³/mol. The van der Waals surface area contributed by atoms with Crippen molar-refractivity contribution in [2.24, 2.45) is 0 Å². The van der Waals surface area contributed by atoms with Crippen molar-refractivity contribution >= 4 is 5.78 Å². The Morgan fingerprint density at radius 2 is 1.33 bits per heavy atom. The van der Waals surface area contributed by atoms with Gasteiger partial charge in [-0.05, 0) is 21.0 Å². The molecule has 0 saturated carbocycles. The fraction of sp³-hybridized carbons (Fsp3) is 0.923. The zero-order valence-electron chi connectivity index (χ0n) is 12.5. The largest absolute Gasteiger partial charge is 0.378 e. The van der Waals surface area contributed by atoms with Crippen LogP contribution in [0.5, 0.6) is 0 Å². The Hall–Kier alpha value is -0.490. The van der Waals surface area contributed by atoms with Gasteiger partial charge in [0.1, 0.15) is 6.61 Å². The molecule has 0 aromatic heterocycles. The summed E-state index contributed by atoms with van der Waals surface area (Å²) < 4.78 is 15.6. The molecule has 0 aliphatic carbocycles. The summed E-state index contributed by atoms with van der Waals surface area (Å²) in [5.74, 6) is 0.0343. The average molecular weight is 263 g/mol. The van der Waals surface area contributed by atoms with Crippen LogP contribution in [0.2, 0.25) is 0 Å². The van der Waals surface area contributed by atoms with Crippen molar-refractivity contribution in [3.8, 4) is 0 Å². The van der Waals surface area contributed by atoms with Crippen LogP contribution >= 0.6 is 0 Å². The number of carbonyl (C=O) groups is 1. The van der Waals surface area contributed by atoms with Gasteiger partial charge in [0.25, 0.3) is 0 Å². The lowest BCUT2D eigenvalue weighted by atomic mass is 10.5. The minimum absolute atomic E-state index is 0.0343. The van der Waals surface area contributed by atoms with Crippen LogP contribution in [0.1, 0.15) is 20.8 Å². The maximum absolute atomic E-state index is 10.5. The highest BCUT2D eigenvalue weighted by atomic mass is 16.5. The first-order valence-electron chi connectivity index (χ1n) is 6.50. The molecule has 0 aromatic rings. The number of hydrogen-bond acceptors (Lipinski definition) is 5. The van der Waals surface area contributed by atoms with Crippen LogP contribution in [0.3, 0.4) is 0 Å². The third kappa shape index (κ3) is 20.9. The third-order valence-electron chi connectivity index (χ3n) is 1.73. The standard InChI is InChI=1S/C11H23NO4.C2H6/c1-11(13)10-16-9-8-15-7-6-14-5-4-12(2)3;1-2/h4-10H2,1-3H3;1-2H3. The Morgan fingerprint density at radius 3 is 1.78 bits per heavy atom. The van der Waals surface area contributed by atoms with Gasteiger partial charge in [-0.2, -0.15) is 0 Å². The summed E-state index contributed by atoms with van der Waals surface area (Å²) in [6.45, 7) is 9.43. The summed E-state index contributed by atoms with van der Waals surface area (Å²) in [7, 11) is 4.01. The smallest absolute Gasteiger partial charge is 0.155 e. The zero-order chi connectivity index (χ0) is 14.2. The van der Waals surface area contributed by atoms with E-state index in [4.69, 9.17) is 14.2 Å². The molecule has 0 spiro atoms. The lowest BCUT2D eigenvalue weighted by Crippen LogP contribution is -2.19. The van der Waals surface area contributed by atoms with Gasteiger partial charge in [-0.15, -0.1) is 0 Å². The van der Waals surface area contributed by atoms with Crippen LogP contribution in [0.25, 0.3) is 0 Å². The molecule has 0 amide bonds. The van der Waals surface area contributed by atoms with Gasteiger partial charge in [0.15, 0.2) is 5.78 Å². The van der Waals surface area contributed by atoms with Gasteiger partial charge in [0, 0.05) is 6.54 Å². The molecular formula is C13H29NO4. The van der Waals surface area contributed by atoms with E-state index in [0.29, 0.717) is 26.4 Å². The molecule has 18 heavy (non-hydrogen) atoms. The Balaban J connectivity index is 0. The van der Waals surface area contributed by atoms with Crippen molar-refractivity contribution in [1.82, 2.24) is 4.90 Å². The lowest BCUT2D eigenvalue weighted by Gasteiger charge is -2.10. The van der Waals surface area contributed by atoms with E-state index in [9.17, 15) is 4.79 Å². The van der Waals surface area contributed by atoms with E-state index in [1.54, 1.807) is 0 Å². The van der Waals surface area contributed by atoms with Gasteiger partial charge in [-0.25, -0.2) is 0 Å². The molecule has 110 valence electrons. The van der Waals surface area contributed by atoms with Crippen LogP contribution in [0.4, 0.5) is 0 Å². The fourth-order valence-corrected chi connectivity index (χ4v) is 0.903. The zero-order valence-corrected chi connectivity index (χ0v) is 12.5. The number of hydrogen-bond donors (Lipinski definition) is 0. The maximum Gasteiger partial charge on any atom is 0.155 e. The first-order chi connectivity index (χ1) is 8.63. The summed E-state index contributed by atoms with van der Waals surface area (Å²) in [6.07, 6.45) is 0. The van der Waals surface area contributed by atoms with Gasteiger partial charge in [-0.3, -0.25) is 4.79 Å². The van der Waals surface area contributed by atoms with Crippen molar-refractivity contribution in [2.75, 3.05) is 60.3 Å². The summed E-state index contributed by atoms with van der Waals surface area (Å²) >= 11 is 0. The SMILES string of the molecule is CC.CC(=O)COCCOCCOCCN(C)C. The molecular weight excluding hydrogens is 234 g/mol. The summed E-state index contributed by atoms with van der Waals surface area (Å²) in [5.41, 5.74) is 0. The van der Waals surface area contributed by atoms with Crippen molar-refractivity contribution in [3.05, 3.63) is 0 Å². The Kier molecular flexibility index (Phi) is 18.2.